The zero-order valence-corrected chi connectivity index (χ0v) is 13.9. The first kappa shape index (κ1) is 16.1. The van der Waals surface area contributed by atoms with Crippen LogP contribution in [0.15, 0.2) is 66.9 Å². The van der Waals surface area contributed by atoms with E-state index in [1.807, 2.05) is 54.7 Å². The summed E-state index contributed by atoms with van der Waals surface area (Å²) in [6.07, 6.45) is 1.01. The summed E-state index contributed by atoms with van der Waals surface area (Å²) in [6, 6.07) is 18.6. The lowest BCUT2D eigenvalue weighted by molar-refractivity contribution is -0.118. The number of aliphatic hydroxyl groups excluding tert-OH is 1. The van der Waals surface area contributed by atoms with Crippen molar-refractivity contribution in [3.05, 3.63) is 72.4 Å². The van der Waals surface area contributed by atoms with Crippen LogP contribution in [0.25, 0.3) is 22.3 Å². The Kier molecular flexibility index (Phi) is 4.25. The van der Waals surface area contributed by atoms with Crippen molar-refractivity contribution in [2.24, 2.45) is 0 Å². The number of hydrogen-bond acceptors (Lipinski definition) is 3. The summed E-state index contributed by atoms with van der Waals surface area (Å²) < 4.78 is 0. The summed E-state index contributed by atoms with van der Waals surface area (Å²) in [4.78, 5) is 15.4. The number of aliphatic hydroxyl groups is 1. The fourth-order valence-electron chi connectivity index (χ4n) is 2.96. The largest absolute Gasteiger partial charge is 0.388 e. The van der Waals surface area contributed by atoms with Gasteiger partial charge in [-0.25, -0.2) is 0 Å². The van der Waals surface area contributed by atoms with Crippen molar-refractivity contribution in [2.45, 2.75) is 12.5 Å². The molecule has 4 aromatic rings. The van der Waals surface area contributed by atoms with Gasteiger partial charge in [0.05, 0.1) is 23.7 Å². The van der Waals surface area contributed by atoms with Crippen molar-refractivity contribution < 1.29 is 9.90 Å². The molecular formula is C20H18N4O2. The van der Waals surface area contributed by atoms with Crippen LogP contribution in [0, 0.1) is 0 Å². The van der Waals surface area contributed by atoms with Gasteiger partial charge in [-0.1, -0.05) is 30.3 Å². The highest BCUT2D eigenvalue weighted by atomic mass is 16.3. The molecule has 4 N–H and O–H groups in total. The fourth-order valence-corrected chi connectivity index (χ4v) is 2.96. The molecule has 0 aliphatic carbocycles. The molecule has 0 aliphatic heterocycles. The van der Waals surface area contributed by atoms with Gasteiger partial charge in [-0.3, -0.25) is 9.89 Å². The number of fused-ring (bicyclic) bond motifs is 1. The van der Waals surface area contributed by atoms with Gasteiger partial charge in [-0.05, 0) is 35.9 Å². The molecule has 0 spiro atoms. The van der Waals surface area contributed by atoms with Crippen LogP contribution in [-0.4, -0.2) is 26.2 Å². The number of carbonyl (C=O) groups excluding carboxylic acids is 1. The lowest BCUT2D eigenvalue weighted by Crippen LogP contribution is -2.15. The number of nitrogens with zero attached hydrogens (tertiary/aromatic N) is 1. The monoisotopic (exact) mass is 346 g/mol. The van der Waals surface area contributed by atoms with Crippen molar-refractivity contribution in [2.75, 3.05) is 5.32 Å². The van der Waals surface area contributed by atoms with Crippen molar-refractivity contribution in [3.63, 3.8) is 0 Å². The number of anilines is 1. The van der Waals surface area contributed by atoms with E-state index in [1.165, 1.54) is 0 Å². The highest BCUT2D eigenvalue weighted by Gasteiger charge is 2.14. The maximum atomic E-state index is 12.3. The van der Waals surface area contributed by atoms with E-state index in [0.717, 1.165) is 27.9 Å². The molecule has 6 heteroatoms. The van der Waals surface area contributed by atoms with Crippen LogP contribution in [-0.2, 0) is 4.79 Å². The molecule has 0 radical (unpaired) electrons. The number of nitrogens with one attached hydrogen (secondary N) is 3. The van der Waals surface area contributed by atoms with Gasteiger partial charge in [-0.15, -0.1) is 0 Å². The average molecular weight is 346 g/mol. The van der Waals surface area contributed by atoms with E-state index < -0.39 is 6.10 Å². The normalized spacial score (nSPS) is 12.2. The van der Waals surface area contributed by atoms with E-state index in [4.69, 9.17) is 0 Å². The van der Waals surface area contributed by atoms with Gasteiger partial charge in [0, 0.05) is 17.3 Å². The number of aromatic amines is 2. The van der Waals surface area contributed by atoms with Crippen molar-refractivity contribution in [1.29, 1.82) is 0 Å². The third-order valence-corrected chi connectivity index (χ3v) is 4.26. The minimum atomic E-state index is -0.830. The Morgan fingerprint density at radius 2 is 1.96 bits per heavy atom. The second-order valence-corrected chi connectivity index (χ2v) is 6.10. The molecule has 1 atom stereocenters. The van der Waals surface area contributed by atoms with Gasteiger partial charge in [-0.2, -0.15) is 5.10 Å². The number of rotatable bonds is 5. The Balaban J connectivity index is 1.52. The summed E-state index contributed by atoms with van der Waals surface area (Å²) in [6.45, 7) is 0. The number of benzene rings is 2. The van der Waals surface area contributed by atoms with E-state index in [2.05, 4.69) is 20.5 Å². The highest BCUT2D eigenvalue weighted by molar-refractivity contribution is 5.98. The molecule has 26 heavy (non-hydrogen) atoms. The van der Waals surface area contributed by atoms with E-state index >= 15 is 0 Å². The van der Waals surface area contributed by atoms with E-state index in [9.17, 15) is 9.90 Å². The number of hydrogen-bond donors (Lipinski definition) is 4. The second kappa shape index (κ2) is 6.85. The van der Waals surface area contributed by atoms with Gasteiger partial charge in [0.15, 0.2) is 0 Å². The van der Waals surface area contributed by atoms with Crippen LogP contribution in [0.3, 0.4) is 0 Å². The first-order valence-electron chi connectivity index (χ1n) is 8.35. The molecule has 1 amide bonds. The summed E-state index contributed by atoms with van der Waals surface area (Å²) in [5.74, 6) is -0.245. The summed E-state index contributed by atoms with van der Waals surface area (Å²) in [5.41, 5.74) is 3.97. The van der Waals surface area contributed by atoms with E-state index in [-0.39, 0.29) is 12.3 Å². The van der Waals surface area contributed by atoms with Gasteiger partial charge in [0.1, 0.15) is 5.69 Å². The second-order valence-electron chi connectivity index (χ2n) is 6.10. The maximum absolute atomic E-state index is 12.3. The molecule has 0 saturated heterocycles. The number of amides is 1. The smallest absolute Gasteiger partial charge is 0.227 e. The molecule has 4 rings (SSSR count). The topological polar surface area (TPSA) is 93.8 Å². The molecule has 2 aromatic carbocycles. The third kappa shape index (κ3) is 3.22. The minimum Gasteiger partial charge on any atom is -0.388 e. The fraction of sp³-hybridized carbons (Fsp3) is 0.100. The van der Waals surface area contributed by atoms with Crippen molar-refractivity contribution in [1.82, 2.24) is 15.2 Å². The summed E-state index contributed by atoms with van der Waals surface area (Å²) in [5, 5.41) is 21.3. The predicted molar refractivity (Wildman–Crippen MR) is 101 cm³/mol. The molecule has 0 saturated carbocycles. The quantitative estimate of drug-likeness (QED) is 0.444. The lowest BCUT2D eigenvalue weighted by Gasteiger charge is -2.11. The molecule has 130 valence electrons. The molecule has 0 fully saturated rings. The maximum Gasteiger partial charge on any atom is 0.227 e. The summed E-state index contributed by atoms with van der Waals surface area (Å²) in [7, 11) is 0. The third-order valence-electron chi connectivity index (χ3n) is 4.26. The SMILES string of the molecule is O=C(C[C@H](O)c1ccccc1)Nc1ccc2[nH]nc(-c3ccc[nH]3)c2c1. The Morgan fingerprint density at radius 1 is 1.12 bits per heavy atom. The number of aromatic nitrogens is 3. The van der Waals surface area contributed by atoms with Crippen LogP contribution < -0.4 is 5.32 Å². The van der Waals surface area contributed by atoms with Gasteiger partial charge >= 0.3 is 0 Å². The van der Waals surface area contributed by atoms with Gasteiger partial charge in [0.2, 0.25) is 5.91 Å². The lowest BCUT2D eigenvalue weighted by atomic mass is 10.1. The van der Waals surface area contributed by atoms with Crippen LogP contribution in [0.2, 0.25) is 0 Å². The van der Waals surface area contributed by atoms with Gasteiger partial charge in [0.25, 0.3) is 0 Å². The molecule has 0 aliphatic rings. The van der Waals surface area contributed by atoms with E-state index in [1.54, 1.807) is 12.1 Å². The number of H-pyrrole nitrogens is 2. The molecule has 2 heterocycles. The van der Waals surface area contributed by atoms with Crippen LogP contribution in [0.1, 0.15) is 18.1 Å². The molecule has 0 bridgehead atoms. The average Bonchev–Trinajstić information content (AvgIpc) is 3.31. The zero-order chi connectivity index (χ0) is 17.9. The Morgan fingerprint density at radius 3 is 2.73 bits per heavy atom. The van der Waals surface area contributed by atoms with E-state index in [0.29, 0.717) is 5.69 Å². The minimum absolute atomic E-state index is 0.00305. The standard InChI is InChI=1S/C20H18N4O2/c25-18(13-5-2-1-3-6-13)12-19(26)22-14-8-9-16-15(11-14)20(24-23-16)17-7-4-10-21-17/h1-11,18,21,25H,12H2,(H,22,26)(H,23,24)/t18-/m0/s1. The Labute approximate surface area is 149 Å². The molecule has 0 unspecified atom stereocenters. The van der Waals surface area contributed by atoms with Gasteiger partial charge < -0.3 is 15.4 Å². The Bertz CT molecular complexity index is 1020. The predicted octanol–water partition coefficient (Wildman–Crippen LogP) is 3.62. The number of carbonyl (C=O) groups is 1. The van der Waals surface area contributed by atoms with Crippen LogP contribution in [0.5, 0.6) is 0 Å². The highest BCUT2D eigenvalue weighted by Crippen LogP contribution is 2.27. The first-order chi connectivity index (χ1) is 12.7. The molecule has 6 nitrogen and oxygen atoms in total. The first-order valence-corrected chi connectivity index (χ1v) is 8.35. The van der Waals surface area contributed by atoms with Crippen LogP contribution in [0.4, 0.5) is 5.69 Å². The Hall–Kier alpha value is -3.38. The van der Waals surface area contributed by atoms with Crippen molar-refractivity contribution >= 4 is 22.5 Å². The molecular weight excluding hydrogens is 328 g/mol. The van der Waals surface area contributed by atoms with Crippen molar-refractivity contribution in [3.8, 4) is 11.4 Å². The zero-order valence-electron chi connectivity index (χ0n) is 13.9. The summed E-state index contributed by atoms with van der Waals surface area (Å²) >= 11 is 0. The molecule has 2 aromatic heterocycles. The van der Waals surface area contributed by atoms with Crippen LogP contribution >= 0.6 is 0 Å².